The summed E-state index contributed by atoms with van der Waals surface area (Å²) in [4.78, 5) is 0. The van der Waals surface area contributed by atoms with Gasteiger partial charge in [0.15, 0.2) is 5.11 Å². The molecule has 3 saturated carbocycles. The van der Waals surface area contributed by atoms with Crippen LogP contribution in [0.25, 0.3) is 0 Å². The van der Waals surface area contributed by atoms with Gasteiger partial charge in [0.05, 0.1) is 0 Å². The zero-order valence-corrected chi connectivity index (χ0v) is 11.5. The van der Waals surface area contributed by atoms with Crippen LogP contribution in [-0.4, -0.2) is 17.4 Å². The Balaban J connectivity index is 1.58. The van der Waals surface area contributed by atoms with E-state index < -0.39 is 0 Å². The van der Waals surface area contributed by atoms with Crippen LogP contribution in [0.5, 0.6) is 0 Å². The van der Waals surface area contributed by atoms with E-state index in [2.05, 4.69) is 22.4 Å². The van der Waals surface area contributed by atoms with E-state index in [1.165, 1.54) is 37.8 Å². The summed E-state index contributed by atoms with van der Waals surface area (Å²) in [6, 6.07) is 0. The van der Waals surface area contributed by atoms with Gasteiger partial charge in [0.1, 0.15) is 0 Å². The van der Waals surface area contributed by atoms with E-state index >= 15 is 0 Å². The summed E-state index contributed by atoms with van der Waals surface area (Å²) in [6.45, 7) is 4.34. The van der Waals surface area contributed by atoms with Crippen LogP contribution in [0.1, 0.15) is 32.1 Å². The van der Waals surface area contributed by atoms with Crippen molar-refractivity contribution in [1.29, 1.82) is 0 Å². The average Bonchev–Trinajstić information content (AvgIpc) is 3.04. The lowest BCUT2D eigenvalue weighted by atomic mass is 9.81. The third-order valence-electron chi connectivity index (χ3n) is 4.91. The Hall–Kier alpha value is -0.900. The van der Waals surface area contributed by atoms with Crippen LogP contribution >= 0.6 is 12.2 Å². The van der Waals surface area contributed by atoms with Crippen molar-refractivity contribution in [2.45, 2.75) is 32.1 Å². The number of hydrogen-bond acceptors (Lipinski definition) is 2. The minimum Gasteiger partial charge on any atom is -0.358 e. The van der Waals surface area contributed by atoms with Gasteiger partial charge < -0.3 is 5.32 Å². The molecule has 0 amide bonds. The van der Waals surface area contributed by atoms with Crippen molar-refractivity contribution in [2.75, 3.05) is 6.54 Å². The topological polar surface area (TPSA) is 36.4 Å². The van der Waals surface area contributed by atoms with E-state index in [1.807, 2.05) is 0 Å². The van der Waals surface area contributed by atoms with E-state index in [9.17, 15) is 0 Å². The van der Waals surface area contributed by atoms with Crippen molar-refractivity contribution in [1.82, 2.24) is 10.7 Å². The molecule has 0 heterocycles. The van der Waals surface area contributed by atoms with Crippen LogP contribution in [0, 0.1) is 23.7 Å². The Morgan fingerprint density at radius 3 is 3.11 bits per heavy atom. The Morgan fingerprint density at radius 2 is 2.28 bits per heavy atom. The van der Waals surface area contributed by atoms with Crippen LogP contribution in [0.2, 0.25) is 0 Å². The predicted octanol–water partition coefficient (Wildman–Crippen LogP) is 2.45. The molecule has 18 heavy (non-hydrogen) atoms. The molecule has 2 bridgehead atoms. The fourth-order valence-electron chi connectivity index (χ4n) is 4.27. The summed E-state index contributed by atoms with van der Waals surface area (Å²) >= 11 is 5.16. The highest BCUT2D eigenvalue weighted by Crippen LogP contribution is 2.57. The molecule has 0 saturated heterocycles. The highest BCUT2D eigenvalue weighted by atomic mass is 32.1. The maximum Gasteiger partial charge on any atom is 0.187 e. The SMILES string of the molecule is C=CCNC(=S)NN=C1CC2CC1C1CCCC21. The van der Waals surface area contributed by atoms with Crippen LogP contribution < -0.4 is 10.7 Å². The van der Waals surface area contributed by atoms with Crippen molar-refractivity contribution < 1.29 is 0 Å². The fraction of sp³-hybridized carbons (Fsp3) is 0.714. The lowest BCUT2D eigenvalue weighted by Crippen LogP contribution is -2.34. The molecule has 4 atom stereocenters. The Morgan fingerprint density at radius 1 is 1.44 bits per heavy atom. The quantitative estimate of drug-likeness (QED) is 0.466. The van der Waals surface area contributed by atoms with E-state index in [0.717, 1.165) is 23.7 Å². The molecule has 3 fully saturated rings. The third-order valence-corrected chi connectivity index (χ3v) is 5.15. The number of hydrazone groups is 1. The highest BCUT2D eigenvalue weighted by Gasteiger charge is 2.52. The molecule has 0 aromatic rings. The normalized spacial score (nSPS) is 38.8. The summed E-state index contributed by atoms with van der Waals surface area (Å²) in [5.74, 6) is 3.61. The second-order valence-corrected chi connectivity index (χ2v) is 6.19. The van der Waals surface area contributed by atoms with Crippen LogP contribution in [0.4, 0.5) is 0 Å². The predicted molar refractivity (Wildman–Crippen MR) is 78.4 cm³/mol. The average molecular weight is 263 g/mol. The summed E-state index contributed by atoms with van der Waals surface area (Å²) in [7, 11) is 0. The molecule has 4 heteroatoms. The summed E-state index contributed by atoms with van der Waals surface area (Å²) in [5.41, 5.74) is 4.35. The summed E-state index contributed by atoms with van der Waals surface area (Å²) in [6.07, 6.45) is 8.69. The van der Waals surface area contributed by atoms with Gasteiger partial charge in [-0.1, -0.05) is 12.5 Å². The number of nitrogens with zero attached hydrogens (tertiary/aromatic N) is 1. The first kappa shape index (κ1) is 12.2. The summed E-state index contributed by atoms with van der Waals surface area (Å²) < 4.78 is 0. The molecule has 3 nitrogen and oxygen atoms in total. The smallest absolute Gasteiger partial charge is 0.187 e. The third kappa shape index (κ3) is 2.07. The molecular weight excluding hydrogens is 242 g/mol. The van der Waals surface area contributed by atoms with Crippen molar-refractivity contribution >= 4 is 23.0 Å². The second-order valence-electron chi connectivity index (χ2n) is 5.78. The standard InChI is InChI=1S/C14H21N3S/c1-2-6-15-14(18)17-16-13-8-9-7-12(13)11-5-3-4-10(9)11/h2,9-12H,1,3-8H2,(H2,15,17,18). The highest BCUT2D eigenvalue weighted by molar-refractivity contribution is 7.80. The molecule has 3 aliphatic carbocycles. The molecule has 3 rings (SSSR count). The Kier molecular flexibility index (Phi) is 3.37. The fourth-order valence-corrected chi connectivity index (χ4v) is 4.40. The monoisotopic (exact) mass is 263 g/mol. The van der Waals surface area contributed by atoms with Gasteiger partial charge >= 0.3 is 0 Å². The van der Waals surface area contributed by atoms with Gasteiger partial charge in [-0.25, -0.2) is 0 Å². The van der Waals surface area contributed by atoms with Gasteiger partial charge in [0.25, 0.3) is 0 Å². The second kappa shape index (κ2) is 5.00. The number of hydrogen-bond donors (Lipinski definition) is 2. The number of rotatable bonds is 3. The first-order valence-electron chi connectivity index (χ1n) is 7.00. The lowest BCUT2D eigenvalue weighted by molar-refractivity contribution is 0.333. The lowest BCUT2D eigenvalue weighted by Gasteiger charge is -2.25. The number of fused-ring (bicyclic) bond motifs is 5. The van der Waals surface area contributed by atoms with E-state index in [0.29, 0.717) is 11.7 Å². The number of thiocarbonyl (C=S) groups is 1. The molecule has 2 N–H and O–H groups in total. The molecule has 0 spiro atoms. The number of nitrogens with one attached hydrogen (secondary N) is 2. The van der Waals surface area contributed by atoms with Gasteiger partial charge in [-0.15, -0.1) is 6.58 Å². The first-order valence-corrected chi connectivity index (χ1v) is 7.41. The van der Waals surface area contributed by atoms with Crippen LogP contribution in [-0.2, 0) is 0 Å². The van der Waals surface area contributed by atoms with E-state index in [-0.39, 0.29) is 0 Å². The van der Waals surface area contributed by atoms with Crippen LogP contribution in [0.3, 0.4) is 0 Å². The maximum atomic E-state index is 5.16. The largest absolute Gasteiger partial charge is 0.358 e. The molecule has 4 unspecified atom stereocenters. The van der Waals surface area contributed by atoms with Crippen molar-refractivity contribution in [2.24, 2.45) is 28.8 Å². The van der Waals surface area contributed by atoms with Crippen molar-refractivity contribution in [3.63, 3.8) is 0 Å². The minimum absolute atomic E-state index is 0.605. The first-order chi connectivity index (χ1) is 8.79. The molecule has 0 aromatic carbocycles. The molecule has 0 radical (unpaired) electrons. The molecule has 3 aliphatic rings. The van der Waals surface area contributed by atoms with E-state index in [4.69, 9.17) is 12.2 Å². The van der Waals surface area contributed by atoms with Gasteiger partial charge in [0.2, 0.25) is 0 Å². The zero-order valence-electron chi connectivity index (χ0n) is 10.7. The van der Waals surface area contributed by atoms with Crippen LogP contribution in [0.15, 0.2) is 17.8 Å². The Bertz CT molecular complexity index is 391. The Labute approximate surface area is 114 Å². The van der Waals surface area contributed by atoms with Gasteiger partial charge in [0, 0.05) is 18.2 Å². The van der Waals surface area contributed by atoms with Gasteiger partial charge in [-0.05, 0) is 55.7 Å². The molecule has 98 valence electrons. The molecule has 0 aromatic heterocycles. The van der Waals surface area contributed by atoms with Crippen molar-refractivity contribution in [3.05, 3.63) is 12.7 Å². The molecule has 0 aliphatic heterocycles. The maximum absolute atomic E-state index is 5.16. The molecular formula is C14H21N3S. The summed E-state index contributed by atoms with van der Waals surface area (Å²) in [5, 5.41) is 8.19. The zero-order chi connectivity index (χ0) is 12.5. The van der Waals surface area contributed by atoms with E-state index in [1.54, 1.807) is 6.08 Å². The van der Waals surface area contributed by atoms with Gasteiger partial charge in [-0.2, -0.15) is 5.10 Å². The minimum atomic E-state index is 0.605. The van der Waals surface area contributed by atoms with Crippen molar-refractivity contribution in [3.8, 4) is 0 Å². The van der Waals surface area contributed by atoms with Gasteiger partial charge in [-0.3, -0.25) is 5.43 Å².